The summed E-state index contributed by atoms with van der Waals surface area (Å²) in [4.78, 5) is 19.5. The van der Waals surface area contributed by atoms with Gasteiger partial charge >= 0.3 is 0 Å². The zero-order valence-electron chi connectivity index (χ0n) is 10.3. The van der Waals surface area contributed by atoms with E-state index in [1.54, 1.807) is 18.5 Å². The summed E-state index contributed by atoms with van der Waals surface area (Å²) in [5.74, 6) is 0.790. The first kappa shape index (κ1) is 11.4. The number of hydrogen-bond donors (Lipinski definition) is 3. The molecule has 0 amide bonds. The minimum absolute atomic E-state index is 0.160. The highest BCUT2D eigenvalue weighted by molar-refractivity contribution is 5.81. The summed E-state index contributed by atoms with van der Waals surface area (Å²) >= 11 is 0. The number of imidazole rings is 1. The van der Waals surface area contributed by atoms with E-state index < -0.39 is 0 Å². The predicted molar refractivity (Wildman–Crippen MR) is 69.6 cm³/mol. The molecule has 0 fully saturated rings. The molecule has 0 bridgehead atoms. The first-order valence-electron chi connectivity index (χ1n) is 5.77. The van der Waals surface area contributed by atoms with Gasteiger partial charge in [0.15, 0.2) is 11.5 Å². The molecule has 19 heavy (non-hydrogen) atoms. The lowest BCUT2D eigenvalue weighted by Gasteiger charge is -2.07. The molecule has 3 N–H and O–H groups in total. The Morgan fingerprint density at radius 3 is 3.05 bits per heavy atom. The molecule has 0 unspecified atom stereocenters. The van der Waals surface area contributed by atoms with Crippen LogP contribution in [0.25, 0.3) is 11.2 Å². The molecular formula is C12H12N6O. The van der Waals surface area contributed by atoms with Crippen LogP contribution in [0.15, 0.2) is 24.8 Å². The average molecular weight is 256 g/mol. The monoisotopic (exact) mass is 256 g/mol. The lowest BCUT2D eigenvalue weighted by molar-refractivity contribution is 0.464. The van der Waals surface area contributed by atoms with E-state index in [2.05, 4.69) is 30.2 Å². The molecule has 0 atom stereocenters. The molecule has 0 saturated heterocycles. The molecule has 0 radical (unpaired) electrons. The number of aromatic nitrogens is 5. The smallest absolute Gasteiger partial charge is 0.182 e. The first-order valence-corrected chi connectivity index (χ1v) is 5.77. The van der Waals surface area contributed by atoms with Crippen LogP contribution in [0.2, 0.25) is 0 Å². The zero-order valence-corrected chi connectivity index (χ0v) is 10.3. The normalized spacial score (nSPS) is 10.8. The minimum Gasteiger partial charge on any atom is -0.506 e. The Kier molecular flexibility index (Phi) is 2.71. The highest BCUT2D eigenvalue weighted by Gasteiger charge is 2.07. The number of aromatic hydroxyl groups is 1. The fourth-order valence-corrected chi connectivity index (χ4v) is 1.80. The molecule has 0 aliphatic heterocycles. The fraction of sp³-hybridized carbons (Fsp3) is 0.167. The Morgan fingerprint density at radius 2 is 2.16 bits per heavy atom. The summed E-state index contributed by atoms with van der Waals surface area (Å²) in [7, 11) is 0. The van der Waals surface area contributed by atoms with Gasteiger partial charge < -0.3 is 15.4 Å². The van der Waals surface area contributed by atoms with Gasteiger partial charge in [0.1, 0.15) is 23.3 Å². The van der Waals surface area contributed by atoms with Crippen molar-refractivity contribution in [1.29, 1.82) is 0 Å². The minimum atomic E-state index is 0.160. The van der Waals surface area contributed by atoms with E-state index in [4.69, 9.17) is 0 Å². The van der Waals surface area contributed by atoms with Crippen LogP contribution in [0.1, 0.15) is 11.4 Å². The molecule has 96 valence electrons. The Morgan fingerprint density at radius 1 is 1.26 bits per heavy atom. The first-order chi connectivity index (χ1) is 9.24. The van der Waals surface area contributed by atoms with E-state index in [9.17, 15) is 5.11 Å². The zero-order chi connectivity index (χ0) is 13.2. The molecule has 0 saturated carbocycles. The third-order valence-corrected chi connectivity index (χ3v) is 2.74. The van der Waals surface area contributed by atoms with Crippen molar-refractivity contribution in [2.45, 2.75) is 13.5 Å². The lowest BCUT2D eigenvalue weighted by Crippen LogP contribution is -2.05. The van der Waals surface area contributed by atoms with Gasteiger partial charge in [-0.1, -0.05) is 0 Å². The van der Waals surface area contributed by atoms with E-state index in [-0.39, 0.29) is 5.75 Å². The van der Waals surface area contributed by atoms with Crippen molar-refractivity contribution in [3.05, 3.63) is 36.2 Å². The molecule has 0 aliphatic carbocycles. The third kappa shape index (κ3) is 2.17. The number of fused-ring (bicyclic) bond motifs is 1. The summed E-state index contributed by atoms with van der Waals surface area (Å²) in [5.41, 5.74) is 2.75. The van der Waals surface area contributed by atoms with E-state index in [0.29, 0.717) is 23.7 Å². The van der Waals surface area contributed by atoms with Crippen LogP contribution in [0, 0.1) is 6.92 Å². The van der Waals surface area contributed by atoms with E-state index >= 15 is 0 Å². The van der Waals surface area contributed by atoms with Crippen LogP contribution in [0.4, 0.5) is 5.82 Å². The van der Waals surface area contributed by atoms with Crippen molar-refractivity contribution < 1.29 is 5.11 Å². The Balaban J connectivity index is 1.86. The van der Waals surface area contributed by atoms with Crippen molar-refractivity contribution in [3.8, 4) is 5.75 Å². The van der Waals surface area contributed by atoms with Crippen LogP contribution in [0.5, 0.6) is 5.75 Å². The Labute approximate surface area is 108 Å². The quantitative estimate of drug-likeness (QED) is 0.654. The predicted octanol–water partition coefficient (Wildman–Crippen LogP) is 1.37. The number of nitrogens with zero attached hydrogens (tertiary/aromatic N) is 4. The molecule has 3 heterocycles. The van der Waals surface area contributed by atoms with Gasteiger partial charge in [0.05, 0.1) is 12.9 Å². The largest absolute Gasteiger partial charge is 0.506 e. The maximum absolute atomic E-state index is 9.73. The number of nitrogens with one attached hydrogen (secondary N) is 2. The molecule has 0 spiro atoms. The van der Waals surface area contributed by atoms with Gasteiger partial charge in [-0.3, -0.25) is 4.98 Å². The van der Waals surface area contributed by atoms with Gasteiger partial charge in [-0.05, 0) is 19.1 Å². The molecule has 0 aliphatic rings. The van der Waals surface area contributed by atoms with Gasteiger partial charge in [-0.25, -0.2) is 15.0 Å². The molecular weight excluding hydrogens is 244 g/mol. The number of H-pyrrole nitrogens is 1. The van der Waals surface area contributed by atoms with Crippen LogP contribution in [0.3, 0.4) is 0 Å². The summed E-state index contributed by atoms with van der Waals surface area (Å²) in [5, 5.41) is 12.8. The van der Waals surface area contributed by atoms with Crippen LogP contribution in [-0.4, -0.2) is 30.0 Å². The van der Waals surface area contributed by atoms with E-state index in [1.807, 2.05) is 6.92 Å². The third-order valence-electron chi connectivity index (χ3n) is 2.74. The highest BCUT2D eigenvalue weighted by atomic mass is 16.3. The van der Waals surface area contributed by atoms with Crippen molar-refractivity contribution in [1.82, 2.24) is 24.9 Å². The van der Waals surface area contributed by atoms with Crippen LogP contribution < -0.4 is 5.32 Å². The second kappa shape index (κ2) is 4.52. The molecule has 0 aromatic carbocycles. The summed E-state index contributed by atoms with van der Waals surface area (Å²) < 4.78 is 0. The molecule has 3 aromatic heterocycles. The second-order valence-electron chi connectivity index (χ2n) is 4.10. The van der Waals surface area contributed by atoms with Gasteiger partial charge in [-0.2, -0.15) is 0 Å². The highest BCUT2D eigenvalue weighted by Crippen LogP contribution is 2.18. The van der Waals surface area contributed by atoms with Gasteiger partial charge in [0.2, 0.25) is 0 Å². The average Bonchev–Trinajstić information content (AvgIpc) is 2.88. The number of pyridine rings is 1. The van der Waals surface area contributed by atoms with Crippen molar-refractivity contribution >= 4 is 17.0 Å². The summed E-state index contributed by atoms with van der Waals surface area (Å²) in [6.45, 7) is 2.25. The summed E-state index contributed by atoms with van der Waals surface area (Å²) in [6, 6.07) is 3.39. The van der Waals surface area contributed by atoms with Gasteiger partial charge in [-0.15, -0.1) is 0 Å². The maximum atomic E-state index is 9.73. The van der Waals surface area contributed by atoms with E-state index in [1.165, 1.54) is 6.33 Å². The number of aromatic amines is 1. The number of rotatable bonds is 3. The Hall–Kier alpha value is -2.70. The van der Waals surface area contributed by atoms with Crippen molar-refractivity contribution in [2.24, 2.45) is 0 Å². The molecule has 7 nitrogen and oxygen atoms in total. The SMILES string of the molecule is Cc1ccc(O)c(CNc2ncnc3nc[nH]c23)n1. The summed E-state index contributed by atoms with van der Waals surface area (Å²) in [6.07, 6.45) is 3.00. The molecule has 7 heteroatoms. The fourth-order valence-electron chi connectivity index (χ4n) is 1.80. The number of hydrogen-bond acceptors (Lipinski definition) is 6. The van der Waals surface area contributed by atoms with Crippen LogP contribution in [-0.2, 0) is 6.54 Å². The van der Waals surface area contributed by atoms with Crippen molar-refractivity contribution in [2.75, 3.05) is 5.32 Å². The maximum Gasteiger partial charge on any atom is 0.182 e. The van der Waals surface area contributed by atoms with Crippen molar-refractivity contribution in [3.63, 3.8) is 0 Å². The lowest BCUT2D eigenvalue weighted by atomic mass is 10.3. The molecule has 3 aromatic rings. The standard InChI is InChI=1S/C12H12N6O/c1-7-2-3-9(19)8(18-7)4-13-11-10-12(15-5-14-10)17-6-16-11/h2-3,5-6,19H,4H2,1H3,(H2,13,14,15,16,17). The Bertz CT molecular complexity index is 723. The van der Waals surface area contributed by atoms with Gasteiger partial charge in [0.25, 0.3) is 0 Å². The topological polar surface area (TPSA) is 99.6 Å². The molecule has 3 rings (SSSR count). The number of aryl methyl sites for hydroxylation is 1. The van der Waals surface area contributed by atoms with Gasteiger partial charge in [0, 0.05) is 5.69 Å². The van der Waals surface area contributed by atoms with Crippen LogP contribution >= 0.6 is 0 Å². The number of anilines is 1. The van der Waals surface area contributed by atoms with E-state index in [0.717, 1.165) is 11.2 Å². The second-order valence-corrected chi connectivity index (χ2v) is 4.10.